The second-order valence-corrected chi connectivity index (χ2v) is 7.03. The number of amides is 1. The first-order valence-corrected chi connectivity index (χ1v) is 8.45. The Hall–Kier alpha value is -1.34. The van der Waals surface area contributed by atoms with E-state index in [1.54, 1.807) is 0 Å². The lowest BCUT2D eigenvalue weighted by Gasteiger charge is -2.30. The van der Waals surface area contributed by atoms with Gasteiger partial charge < -0.3 is 21.3 Å². The fraction of sp³-hybridized carbons (Fsp3) is 0.714. The van der Waals surface area contributed by atoms with Gasteiger partial charge in [-0.05, 0) is 32.6 Å². The Balaban J connectivity index is 1.79. The number of rotatable bonds is 2. The quantitative estimate of drug-likeness (QED) is 0.859. The van der Waals surface area contributed by atoms with Gasteiger partial charge in [0.1, 0.15) is 10.7 Å². The van der Waals surface area contributed by atoms with E-state index in [-0.39, 0.29) is 11.9 Å². The highest BCUT2D eigenvalue weighted by atomic mass is 32.1. The molecule has 0 aromatic carbocycles. The minimum absolute atomic E-state index is 0.0301. The molecule has 21 heavy (non-hydrogen) atoms. The lowest BCUT2D eigenvalue weighted by Crippen LogP contribution is -2.42. The van der Waals surface area contributed by atoms with Crippen LogP contribution in [-0.2, 0) is 0 Å². The molecule has 0 radical (unpaired) electrons. The summed E-state index contributed by atoms with van der Waals surface area (Å²) in [5, 5.41) is 0.831. The van der Waals surface area contributed by atoms with Gasteiger partial charge in [-0.25, -0.2) is 4.98 Å². The second-order valence-electron chi connectivity index (χ2n) is 6.05. The first-order chi connectivity index (χ1) is 10.1. The van der Waals surface area contributed by atoms with Gasteiger partial charge in [0.05, 0.1) is 0 Å². The third-order valence-electron chi connectivity index (χ3n) is 4.38. The van der Waals surface area contributed by atoms with Gasteiger partial charge in [0, 0.05) is 31.7 Å². The molecule has 2 unspecified atom stereocenters. The molecular formula is C14H23N5OS. The maximum Gasteiger partial charge on any atom is 0.268 e. The summed E-state index contributed by atoms with van der Waals surface area (Å²) < 4.78 is 0. The summed E-state index contributed by atoms with van der Waals surface area (Å²) in [5.41, 5.74) is 12.0. The molecule has 0 spiro atoms. The third kappa shape index (κ3) is 2.85. The Morgan fingerprint density at radius 3 is 2.76 bits per heavy atom. The van der Waals surface area contributed by atoms with Crippen molar-refractivity contribution in [2.45, 2.75) is 44.7 Å². The Kier molecular flexibility index (Phi) is 4.03. The highest BCUT2D eigenvalue weighted by Crippen LogP contribution is 2.32. The molecule has 2 saturated heterocycles. The summed E-state index contributed by atoms with van der Waals surface area (Å²) in [6.45, 7) is 4.64. The molecule has 2 fully saturated rings. The molecule has 1 aromatic heterocycles. The number of hydrogen-bond donors (Lipinski definition) is 2. The largest absolute Gasteiger partial charge is 0.382 e. The molecular weight excluding hydrogens is 286 g/mol. The molecule has 7 heteroatoms. The van der Waals surface area contributed by atoms with E-state index in [9.17, 15) is 4.79 Å². The first-order valence-electron chi connectivity index (χ1n) is 7.64. The topological polar surface area (TPSA) is 88.5 Å². The van der Waals surface area contributed by atoms with E-state index < -0.39 is 0 Å². The summed E-state index contributed by atoms with van der Waals surface area (Å²) in [7, 11) is 0. The fourth-order valence-electron chi connectivity index (χ4n) is 3.16. The van der Waals surface area contributed by atoms with E-state index in [0.717, 1.165) is 50.4 Å². The molecule has 4 N–H and O–H groups in total. The van der Waals surface area contributed by atoms with Crippen LogP contribution in [0.25, 0.3) is 0 Å². The van der Waals surface area contributed by atoms with Crippen molar-refractivity contribution in [1.29, 1.82) is 0 Å². The average Bonchev–Trinajstić information content (AvgIpc) is 3.04. The van der Waals surface area contributed by atoms with Crippen molar-refractivity contribution in [2.75, 3.05) is 30.3 Å². The SMILES string of the molecule is CC1CCCN1C(=O)c1sc(N2CCCC(N)C2)nc1N. The summed E-state index contributed by atoms with van der Waals surface area (Å²) in [6.07, 6.45) is 4.25. The van der Waals surface area contributed by atoms with E-state index in [1.165, 1.54) is 11.3 Å². The van der Waals surface area contributed by atoms with Crippen molar-refractivity contribution in [2.24, 2.45) is 5.73 Å². The van der Waals surface area contributed by atoms with Crippen LogP contribution in [0.1, 0.15) is 42.3 Å². The standard InChI is InChI=1S/C14H23N5OS/c1-9-4-2-7-19(9)13(20)11-12(16)17-14(21-11)18-6-3-5-10(15)8-18/h9-10H,2-8,15-16H2,1H3. The molecule has 116 valence electrons. The molecule has 1 amide bonds. The third-order valence-corrected chi connectivity index (χ3v) is 5.50. The van der Waals surface area contributed by atoms with Crippen molar-refractivity contribution in [3.63, 3.8) is 0 Å². The Labute approximate surface area is 129 Å². The number of carbonyl (C=O) groups is 1. The van der Waals surface area contributed by atoms with Crippen molar-refractivity contribution in [3.8, 4) is 0 Å². The van der Waals surface area contributed by atoms with Crippen LogP contribution in [0, 0.1) is 0 Å². The molecule has 3 heterocycles. The summed E-state index contributed by atoms with van der Waals surface area (Å²) in [4.78, 5) is 21.7. The highest BCUT2D eigenvalue weighted by Gasteiger charge is 2.30. The maximum absolute atomic E-state index is 12.6. The van der Waals surface area contributed by atoms with Gasteiger partial charge >= 0.3 is 0 Å². The number of nitrogen functional groups attached to an aromatic ring is 1. The molecule has 0 aliphatic carbocycles. The van der Waals surface area contributed by atoms with E-state index in [4.69, 9.17) is 11.5 Å². The molecule has 2 aliphatic rings. The van der Waals surface area contributed by atoms with Crippen LogP contribution in [0.2, 0.25) is 0 Å². The fourth-order valence-corrected chi connectivity index (χ4v) is 4.13. The van der Waals surface area contributed by atoms with E-state index in [1.807, 2.05) is 4.90 Å². The Bertz CT molecular complexity index is 531. The van der Waals surface area contributed by atoms with Gasteiger partial charge in [-0.15, -0.1) is 0 Å². The van der Waals surface area contributed by atoms with Crippen LogP contribution in [-0.4, -0.2) is 47.5 Å². The van der Waals surface area contributed by atoms with Crippen molar-refractivity contribution in [1.82, 2.24) is 9.88 Å². The monoisotopic (exact) mass is 309 g/mol. The number of aromatic nitrogens is 1. The highest BCUT2D eigenvalue weighted by molar-refractivity contribution is 7.18. The predicted molar refractivity (Wildman–Crippen MR) is 85.7 cm³/mol. The minimum atomic E-state index is 0.0301. The summed E-state index contributed by atoms with van der Waals surface area (Å²) in [6, 6.07) is 0.479. The molecule has 3 rings (SSSR count). The van der Waals surface area contributed by atoms with Crippen LogP contribution in [0.3, 0.4) is 0 Å². The lowest BCUT2D eigenvalue weighted by molar-refractivity contribution is 0.0753. The lowest BCUT2D eigenvalue weighted by atomic mass is 10.1. The zero-order chi connectivity index (χ0) is 15.0. The molecule has 0 bridgehead atoms. The molecule has 1 aromatic rings. The zero-order valence-electron chi connectivity index (χ0n) is 12.4. The number of anilines is 2. The number of nitrogens with zero attached hydrogens (tertiary/aromatic N) is 3. The van der Waals surface area contributed by atoms with E-state index >= 15 is 0 Å². The number of nitrogens with two attached hydrogens (primary N) is 2. The van der Waals surface area contributed by atoms with Crippen LogP contribution < -0.4 is 16.4 Å². The normalized spacial score (nSPS) is 26.4. The van der Waals surface area contributed by atoms with Crippen molar-refractivity contribution < 1.29 is 4.79 Å². The summed E-state index contributed by atoms with van der Waals surface area (Å²) >= 11 is 1.41. The number of thiazole rings is 1. The number of hydrogen-bond acceptors (Lipinski definition) is 6. The van der Waals surface area contributed by atoms with Gasteiger partial charge in [-0.3, -0.25) is 4.79 Å². The number of piperidine rings is 1. The zero-order valence-corrected chi connectivity index (χ0v) is 13.2. The van der Waals surface area contributed by atoms with Crippen LogP contribution in [0.4, 0.5) is 10.9 Å². The number of likely N-dealkylation sites (tertiary alicyclic amines) is 1. The average molecular weight is 309 g/mol. The van der Waals surface area contributed by atoms with Crippen molar-refractivity contribution >= 4 is 28.2 Å². The Morgan fingerprint density at radius 2 is 2.10 bits per heavy atom. The van der Waals surface area contributed by atoms with E-state index in [0.29, 0.717) is 16.7 Å². The van der Waals surface area contributed by atoms with Crippen LogP contribution in [0.15, 0.2) is 0 Å². The first kappa shape index (κ1) is 14.6. The van der Waals surface area contributed by atoms with Crippen LogP contribution >= 0.6 is 11.3 Å². The van der Waals surface area contributed by atoms with Gasteiger partial charge in [0.2, 0.25) is 0 Å². The van der Waals surface area contributed by atoms with Crippen LogP contribution in [0.5, 0.6) is 0 Å². The maximum atomic E-state index is 12.6. The Morgan fingerprint density at radius 1 is 1.33 bits per heavy atom. The van der Waals surface area contributed by atoms with Crippen molar-refractivity contribution in [3.05, 3.63) is 4.88 Å². The van der Waals surface area contributed by atoms with Gasteiger partial charge in [0.25, 0.3) is 5.91 Å². The van der Waals surface area contributed by atoms with Gasteiger partial charge in [-0.1, -0.05) is 11.3 Å². The summed E-state index contributed by atoms with van der Waals surface area (Å²) in [5.74, 6) is 0.390. The molecule has 6 nitrogen and oxygen atoms in total. The van der Waals surface area contributed by atoms with E-state index in [2.05, 4.69) is 16.8 Å². The molecule has 2 aliphatic heterocycles. The van der Waals surface area contributed by atoms with Gasteiger partial charge in [-0.2, -0.15) is 0 Å². The van der Waals surface area contributed by atoms with Gasteiger partial charge in [0.15, 0.2) is 5.13 Å². The predicted octanol–water partition coefficient (Wildman–Crippen LogP) is 1.28. The molecule has 0 saturated carbocycles. The smallest absolute Gasteiger partial charge is 0.268 e. The second kappa shape index (κ2) is 5.81. The minimum Gasteiger partial charge on any atom is -0.382 e. The number of carbonyl (C=O) groups excluding carboxylic acids is 1. The molecule has 2 atom stereocenters.